The number of halogens is 1. The lowest BCUT2D eigenvalue weighted by molar-refractivity contribution is -0.116. The Kier molecular flexibility index (Phi) is 5.57. The summed E-state index contributed by atoms with van der Waals surface area (Å²) in [5, 5.41) is 1.06. The lowest BCUT2D eigenvalue weighted by atomic mass is 9.88. The van der Waals surface area contributed by atoms with Gasteiger partial charge in [0, 0.05) is 23.8 Å². The van der Waals surface area contributed by atoms with Gasteiger partial charge in [0.1, 0.15) is 0 Å². The molecule has 4 heteroatoms. The van der Waals surface area contributed by atoms with Gasteiger partial charge < -0.3 is 4.90 Å². The van der Waals surface area contributed by atoms with Crippen LogP contribution in [0.25, 0.3) is 10.9 Å². The first-order valence-electron chi connectivity index (χ1n) is 7.69. The van der Waals surface area contributed by atoms with Gasteiger partial charge in [0.15, 0.2) is 0 Å². The van der Waals surface area contributed by atoms with E-state index in [0.717, 1.165) is 32.5 Å². The van der Waals surface area contributed by atoms with E-state index in [9.17, 15) is 4.79 Å². The molecule has 1 aromatic heterocycles. The number of carbonyl (C=O) groups excluding carboxylic acids is 1. The molecule has 1 aliphatic rings. The third-order valence-corrected chi connectivity index (χ3v) is 4.79. The normalized spacial score (nSPS) is 14.0. The SMILES string of the molecule is CC(=O)N(C)c1cnc2ccc(Br)cc2c1C.CC1CCC1. The highest BCUT2D eigenvalue weighted by atomic mass is 79.9. The van der Waals surface area contributed by atoms with Crippen LogP contribution in [0.5, 0.6) is 0 Å². The third-order valence-electron chi connectivity index (χ3n) is 4.30. The third kappa shape index (κ3) is 3.86. The Labute approximate surface area is 140 Å². The molecular formula is C18H23BrN2O. The topological polar surface area (TPSA) is 33.2 Å². The number of benzene rings is 1. The van der Waals surface area contributed by atoms with Crippen molar-refractivity contribution in [1.82, 2.24) is 4.98 Å². The van der Waals surface area contributed by atoms with Gasteiger partial charge >= 0.3 is 0 Å². The molecule has 0 bridgehead atoms. The van der Waals surface area contributed by atoms with Gasteiger partial charge in [0.05, 0.1) is 17.4 Å². The Bertz CT molecular complexity index is 680. The van der Waals surface area contributed by atoms with E-state index in [1.807, 2.05) is 25.1 Å². The first-order valence-corrected chi connectivity index (χ1v) is 8.48. The summed E-state index contributed by atoms with van der Waals surface area (Å²) in [6, 6.07) is 5.95. The molecule has 2 aromatic rings. The van der Waals surface area contributed by atoms with Crippen LogP contribution < -0.4 is 4.90 Å². The van der Waals surface area contributed by atoms with E-state index in [-0.39, 0.29) is 5.91 Å². The fraction of sp³-hybridized carbons (Fsp3) is 0.444. The first-order chi connectivity index (χ1) is 10.4. The quantitative estimate of drug-likeness (QED) is 0.707. The number of carbonyl (C=O) groups is 1. The van der Waals surface area contributed by atoms with Crippen molar-refractivity contribution >= 4 is 38.4 Å². The van der Waals surface area contributed by atoms with Crippen LogP contribution in [0, 0.1) is 12.8 Å². The van der Waals surface area contributed by atoms with Crippen molar-refractivity contribution in [2.45, 2.75) is 40.0 Å². The lowest BCUT2D eigenvalue weighted by Gasteiger charge is -2.18. The predicted molar refractivity (Wildman–Crippen MR) is 96.3 cm³/mol. The summed E-state index contributed by atoms with van der Waals surface area (Å²) >= 11 is 3.45. The van der Waals surface area contributed by atoms with Crippen LogP contribution in [0.1, 0.15) is 38.7 Å². The molecule has 1 aliphatic carbocycles. The number of fused-ring (bicyclic) bond motifs is 1. The van der Waals surface area contributed by atoms with E-state index < -0.39 is 0 Å². The van der Waals surface area contributed by atoms with E-state index in [2.05, 4.69) is 27.8 Å². The zero-order chi connectivity index (χ0) is 16.3. The monoisotopic (exact) mass is 362 g/mol. The molecule has 0 spiro atoms. The second-order valence-electron chi connectivity index (χ2n) is 6.04. The summed E-state index contributed by atoms with van der Waals surface area (Å²) in [4.78, 5) is 17.4. The van der Waals surface area contributed by atoms with Gasteiger partial charge in [-0.15, -0.1) is 0 Å². The Morgan fingerprint density at radius 2 is 2.00 bits per heavy atom. The van der Waals surface area contributed by atoms with Crippen LogP contribution in [0.3, 0.4) is 0 Å². The van der Waals surface area contributed by atoms with E-state index >= 15 is 0 Å². The number of anilines is 1. The molecule has 1 saturated carbocycles. The van der Waals surface area contributed by atoms with Crippen LogP contribution in [0.4, 0.5) is 5.69 Å². The zero-order valence-electron chi connectivity index (χ0n) is 13.7. The van der Waals surface area contributed by atoms with Gasteiger partial charge in [0.25, 0.3) is 0 Å². The van der Waals surface area contributed by atoms with Crippen LogP contribution >= 0.6 is 15.9 Å². The minimum Gasteiger partial charge on any atom is -0.314 e. The average molecular weight is 363 g/mol. The molecule has 0 unspecified atom stereocenters. The molecular weight excluding hydrogens is 340 g/mol. The molecule has 0 radical (unpaired) electrons. The summed E-state index contributed by atoms with van der Waals surface area (Å²) in [5.41, 5.74) is 2.85. The predicted octanol–water partition coefficient (Wildman–Crippen LogP) is 5.09. The van der Waals surface area contributed by atoms with Gasteiger partial charge in [-0.2, -0.15) is 0 Å². The minimum absolute atomic E-state index is 0.00393. The summed E-state index contributed by atoms with van der Waals surface area (Å²) in [6.45, 7) is 5.86. The van der Waals surface area contributed by atoms with E-state index in [0.29, 0.717) is 0 Å². The Morgan fingerprint density at radius 3 is 2.50 bits per heavy atom. The lowest BCUT2D eigenvalue weighted by Crippen LogP contribution is -2.23. The molecule has 1 amide bonds. The fourth-order valence-corrected chi connectivity index (χ4v) is 2.77. The highest BCUT2D eigenvalue weighted by Crippen LogP contribution is 2.28. The molecule has 3 rings (SSSR count). The molecule has 0 N–H and O–H groups in total. The van der Waals surface area contributed by atoms with Gasteiger partial charge in [0.2, 0.25) is 5.91 Å². The number of aryl methyl sites for hydroxylation is 1. The summed E-state index contributed by atoms with van der Waals surface area (Å²) in [6.07, 6.45) is 6.20. The highest BCUT2D eigenvalue weighted by Gasteiger charge is 2.12. The maximum Gasteiger partial charge on any atom is 0.223 e. The fourth-order valence-electron chi connectivity index (χ4n) is 2.41. The number of hydrogen-bond donors (Lipinski definition) is 0. The van der Waals surface area contributed by atoms with Crippen LogP contribution in [0.15, 0.2) is 28.9 Å². The molecule has 1 heterocycles. The van der Waals surface area contributed by atoms with Crippen molar-refractivity contribution in [1.29, 1.82) is 0 Å². The maximum atomic E-state index is 11.4. The first kappa shape index (κ1) is 16.9. The summed E-state index contributed by atoms with van der Waals surface area (Å²) < 4.78 is 1.01. The van der Waals surface area contributed by atoms with Gasteiger partial charge in [-0.3, -0.25) is 9.78 Å². The van der Waals surface area contributed by atoms with Crippen molar-refractivity contribution in [3.8, 4) is 0 Å². The van der Waals surface area contributed by atoms with Crippen molar-refractivity contribution < 1.29 is 4.79 Å². The van der Waals surface area contributed by atoms with E-state index in [1.54, 1.807) is 25.1 Å². The highest BCUT2D eigenvalue weighted by molar-refractivity contribution is 9.10. The summed E-state index contributed by atoms with van der Waals surface area (Å²) in [5.74, 6) is 1.07. The number of aromatic nitrogens is 1. The van der Waals surface area contributed by atoms with Gasteiger partial charge in [-0.05, 0) is 36.6 Å². The second-order valence-corrected chi connectivity index (χ2v) is 6.96. The van der Waals surface area contributed by atoms with E-state index in [4.69, 9.17) is 0 Å². The van der Waals surface area contributed by atoms with E-state index in [1.165, 1.54) is 19.3 Å². The minimum atomic E-state index is 0.00393. The molecule has 22 heavy (non-hydrogen) atoms. The van der Waals surface area contributed by atoms with Crippen molar-refractivity contribution in [3.05, 3.63) is 34.4 Å². The zero-order valence-corrected chi connectivity index (χ0v) is 15.3. The number of pyridine rings is 1. The number of amides is 1. The Balaban J connectivity index is 0.000000299. The van der Waals surface area contributed by atoms with Gasteiger partial charge in [-0.1, -0.05) is 42.1 Å². The molecule has 118 valence electrons. The van der Waals surface area contributed by atoms with Crippen LogP contribution in [-0.2, 0) is 4.79 Å². The largest absolute Gasteiger partial charge is 0.314 e. The molecule has 0 atom stereocenters. The standard InChI is InChI=1S/C13H13BrN2O.C5H10/c1-8-11-6-10(14)4-5-12(11)15-7-13(8)16(3)9(2)17;1-5-3-2-4-5/h4-7H,1-3H3;5H,2-4H2,1H3. The summed E-state index contributed by atoms with van der Waals surface area (Å²) in [7, 11) is 1.76. The van der Waals surface area contributed by atoms with Crippen LogP contribution in [0.2, 0.25) is 0 Å². The van der Waals surface area contributed by atoms with Crippen molar-refractivity contribution in [2.75, 3.05) is 11.9 Å². The Morgan fingerprint density at radius 1 is 1.36 bits per heavy atom. The molecule has 1 fully saturated rings. The number of hydrogen-bond acceptors (Lipinski definition) is 2. The molecule has 0 aliphatic heterocycles. The Hall–Kier alpha value is -1.42. The van der Waals surface area contributed by atoms with Crippen molar-refractivity contribution in [3.63, 3.8) is 0 Å². The number of nitrogens with zero attached hydrogens (tertiary/aromatic N) is 2. The second kappa shape index (κ2) is 7.23. The molecule has 3 nitrogen and oxygen atoms in total. The average Bonchev–Trinajstić information content (AvgIpc) is 2.46. The molecule has 0 saturated heterocycles. The van der Waals surface area contributed by atoms with Crippen molar-refractivity contribution in [2.24, 2.45) is 5.92 Å². The number of rotatable bonds is 1. The molecule has 1 aromatic carbocycles. The van der Waals surface area contributed by atoms with Crippen LogP contribution in [-0.4, -0.2) is 17.9 Å². The maximum absolute atomic E-state index is 11.4. The van der Waals surface area contributed by atoms with Gasteiger partial charge in [-0.25, -0.2) is 0 Å². The smallest absolute Gasteiger partial charge is 0.223 e.